The SMILES string of the molecule is CCC[C@H](c1nnnn1C1CCCC1)N(Cc1cccs1)Cc1cc2cc(C)cc(C)c2[nH]c1=O. The molecule has 0 spiro atoms. The average Bonchev–Trinajstić information content (AvgIpc) is 3.60. The van der Waals surface area contributed by atoms with Crippen LogP contribution in [0.2, 0.25) is 0 Å². The summed E-state index contributed by atoms with van der Waals surface area (Å²) in [6.45, 7) is 7.64. The highest BCUT2D eigenvalue weighted by molar-refractivity contribution is 7.09. The van der Waals surface area contributed by atoms with Gasteiger partial charge in [-0.1, -0.05) is 43.9 Å². The predicted octanol–water partition coefficient (Wildman–Crippen LogP) is 5.85. The number of pyridine rings is 1. The summed E-state index contributed by atoms with van der Waals surface area (Å²) in [5, 5.41) is 16.3. The van der Waals surface area contributed by atoms with Gasteiger partial charge in [0, 0.05) is 23.5 Å². The van der Waals surface area contributed by atoms with Crippen LogP contribution in [0.25, 0.3) is 10.9 Å². The van der Waals surface area contributed by atoms with Crippen LogP contribution in [0, 0.1) is 13.8 Å². The zero-order chi connectivity index (χ0) is 24.4. The summed E-state index contributed by atoms with van der Waals surface area (Å²) in [6, 6.07) is 11.0. The fourth-order valence-electron chi connectivity index (χ4n) is 5.52. The van der Waals surface area contributed by atoms with Crippen molar-refractivity contribution in [3.8, 4) is 0 Å². The van der Waals surface area contributed by atoms with Crippen LogP contribution in [0.5, 0.6) is 0 Å². The molecular weight excluding hydrogens is 456 g/mol. The Bertz CT molecular complexity index is 1340. The number of nitrogens with one attached hydrogen (secondary N) is 1. The van der Waals surface area contributed by atoms with E-state index < -0.39 is 0 Å². The molecular formula is C27H34N6OS. The van der Waals surface area contributed by atoms with Crippen molar-refractivity contribution in [2.75, 3.05) is 0 Å². The summed E-state index contributed by atoms with van der Waals surface area (Å²) >= 11 is 1.75. The number of aryl methyl sites for hydroxylation is 2. The van der Waals surface area contributed by atoms with Crippen molar-refractivity contribution in [3.63, 3.8) is 0 Å². The van der Waals surface area contributed by atoms with E-state index in [1.165, 1.54) is 23.3 Å². The van der Waals surface area contributed by atoms with Gasteiger partial charge in [0.15, 0.2) is 5.82 Å². The van der Waals surface area contributed by atoms with Crippen LogP contribution in [0.1, 0.15) is 84.9 Å². The summed E-state index contributed by atoms with van der Waals surface area (Å²) in [5.41, 5.74) is 3.97. The van der Waals surface area contributed by atoms with Crippen molar-refractivity contribution in [2.24, 2.45) is 0 Å². The van der Waals surface area contributed by atoms with Crippen molar-refractivity contribution in [1.29, 1.82) is 0 Å². The van der Waals surface area contributed by atoms with E-state index in [1.807, 2.05) is 6.92 Å². The number of thiophene rings is 1. The van der Waals surface area contributed by atoms with Gasteiger partial charge in [0.2, 0.25) is 0 Å². The Balaban J connectivity index is 1.55. The van der Waals surface area contributed by atoms with Gasteiger partial charge in [0.05, 0.1) is 17.6 Å². The molecule has 1 aromatic carbocycles. The van der Waals surface area contributed by atoms with Crippen LogP contribution in [0.15, 0.2) is 40.5 Å². The predicted molar refractivity (Wildman–Crippen MR) is 141 cm³/mol. The number of nitrogens with zero attached hydrogens (tertiary/aromatic N) is 5. The van der Waals surface area contributed by atoms with Gasteiger partial charge in [0.1, 0.15) is 0 Å². The quantitative estimate of drug-likeness (QED) is 0.318. The van der Waals surface area contributed by atoms with Gasteiger partial charge in [-0.15, -0.1) is 16.4 Å². The highest BCUT2D eigenvalue weighted by atomic mass is 32.1. The van der Waals surface area contributed by atoms with Crippen LogP contribution in [-0.2, 0) is 13.1 Å². The third-order valence-corrected chi connectivity index (χ3v) is 8.03. The Morgan fingerprint density at radius 2 is 2.03 bits per heavy atom. The number of benzene rings is 1. The number of rotatable bonds is 9. The van der Waals surface area contributed by atoms with Gasteiger partial charge < -0.3 is 4.98 Å². The second-order valence-corrected chi connectivity index (χ2v) is 10.9. The standard InChI is InChI=1S/C27H34N6OS/c1-4-8-24(26-29-30-31-33(26)22-9-5-6-10-22)32(17-23-11-7-12-35-23)16-21-15-20-14-18(2)13-19(3)25(20)28-27(21)34/h7,11-15,22,24H,4-6,8-10,16-17H2,1-3H3,(H,28,34)/t24-/m1/s1. The molecule has 0 unspecified atom stereocenters. The van der Waals surface area contributed by atoms with E-state index in [2.05, 4.69) is 79.7 Å². The maximum absolute atomic E-state index is 13.2. The van der Waals surface area contributed by atoms with Crippen LogP contribution in [0.4, 0.5) is 0 Å². The first kappa shape index (κ1) is 23.9. The molecule has 1 aliphatic rings. The Hall–Kier alpha value is -2.84. The lowest BCUT2D eigenvalue weighted by Gasteiger charge is -2.31. The van der Waals surface area contributed by atoms with E-state index in [9.17, 15) is 4.79 Å². The maximum Gasteiger partial charge on any atom is 0.252 e. The zero-order valence-electron chi connectivity index (χ0n) is 20.8. The van der Waals surface area contributed by atoms with Gasteiger partial charge in [-0.2, -0.15) is 0 Å². The van der Waals surface area contributed by atoms with E-state index in [-0.39, 0.29) is 11.6 Å². The van der Waals surface area contributed by atoms with Crippen LogP contribution in [0.3, 0.4) is 0 Å². The van der Waals surface area contributed by atoms with Crippen molar-refractivity contribution in [1.82, 2.24) is 30.1 Å². The van der Waals surface area contributed by atoms with Crippen molar-refractivity contribution < 1.29 is 0 Å². The van der Waals surface area contributed by atoms with Crippen LogP contribution in [-0.4, -0.2) is 30.1 Å². The van der Waals surface area contributed by atoms with Crippen LogP contribution < -0.4 is 5.56 Å². The number of hydrogen-bond acceptors (Lipinski definition) is 6. The molecule has 0 radical (unpaired) electrons. The van der Waals surface area contributed by atoms with E-state index in [0.717, 1.165) is 60.1 Å². The molecule has 184 valence electrons. The second-order valence-electron chi connectivity index (χ2n) is 9.88. The molecule has 0 saturated heterocycles. The summed E-state index contributed by atoms with van der Waals surface area (Å²) in [4.78, 5) is 20.0. The van der Waals surface area contributed by atoms with E-state index in [0.29, 0.717) is 12.6 Å². The largest absolute Gasteiger partial charge is 0.321 e. The van der Waals surface area contributed by atoms with Gasteiger partial charge in [-0.05, 0) is 78.1 Å². The lowest BCUT2D eigenvalue weighted by molar-refractivity contribution is 0.154. The van der Waals surface area contributed by atoms with E-state index >= 15 is 0 Å². The first-order chi connectivity index (χ1) is 17.0. The Kier molecular flexibility index (Phi) is 7.11. The average molecular weight is 491 g/mol. The van der Waals surface area contributed by atoms with Crippen molar-refractivity contribution in [2.45, 2.75) is 84.5 Å². The highest BCUT2D eigenvalue weighted by Crippen LogP contribution is 2.34. The molecule has 1 fully saturated rings. The molecule has 0 aliphatic heterocycles. The van der Waals surface area contributed by atoms with E-state index in [4.69, 9.17) is 0 Å². The molecule has 0 amide bonds. The Morgan fingerprint density at radius 3 is 2.77 bits per heavy atom. The first-order valence-corrected chi connectivity index (χ1v) is 13.6. The molecule has 1 saturated carbocycles. The summed E-state index contributed by atoms with van der Waals surface area (Å²) in [6.07, 6.45) is 6.66. The number of hydrogen-bond donors (Lipinski definition) is 1. The Labute approximate surface area is 210 Å². The van der Waals surface area contributed by atoms with Gasteiger partial charge in [0.25, 0.3) is 5.56 Å². The van der Waals surface area contributed by atoms with E-state index in [1.54, 1.807) is 11.3 Å². The molecule has 35 heavy (non-hydrogen) atoms. The molecule has 7 nitrogen and oxygen atoms in total. The normalized spacial score (nSPS) is 15.4. The molecule has 3 aromatic heterocycles. The van der Waals surface area contributed by atoms with Crippen LogP contribution >= 0.6 is 11.3 Å². The lowest BCUT2D eigenvalue weighted by Crippen LogP contribution is -2.33. The topological polar surface area (TPSA) is 79.7 Å². The molecule has 4 aromatic rings. The molecule has 1 aliphatic carbocycles. The third kappa shape index (κ3) is 5.09. The van der Waals surface area contributed by atoms with Crippen molar-refractivity contribution in [3.05, 3.63) is 73.5 Å². The molecule has 1 N–H and O–H groups in total. The molecule has 8 heteroatoms. The number of tetrazole rings is 1. The number of aromatic amines is 1. The first-order valence-electron chi connectivity index (χ1n) is 12.7. The summed E-state index contributed by atoms with van der Waals surface area (Å²) < 4.78 is 2.08. The second kappa shape index (κ2) is 10.4. The Morgan fingerprint density at radius 1 is 1.20 bits per heavy atom. The summed E-state index contributed by atoms with van der Waals surface area (Å²) in [7, 11) is 0. The minimum Gasteiger partial charge on any atom is -0.321 e. The smallest absolute Gasteiger partial charge is 0.252 e. The molecule has 1 atom stereocenters. The maximum atomic E-state index is 13.2. The minimum atomic E-state index is -0.0220. The highest BCUT2D eigenvalue weighted by Gasteiger charge is 2.30. The third-order valence-electron chi connectivity index (χ3n) is 7.17. The minimum absolute atomic E-state index is 0.0220. The number of H-pyrrole nitrogens is 1. The fraction of sp³-hybridized carbons (Fsp3) is 0.481. The number of fused-ring (bicyclic) bond motifs is 1. The molecule has 5 rings (SSSR count). The summed E-state index contributed by atoms with van der Waals surface area (Å²) in [5.74, 6) is 0.930. The van der Waals surface area contributed by atoms with Gasteiger partial charge >= 0.3 is 0 Å². The van der Waals surface area contributed by atoms with Crippen molar-refractivity contribution >= 4 is 22.2 Å². The molecule has 0 bridgehead atoms. The monoisotopic (exact) mass is 490 g/mol. The van der Waals surface area contributed by atoms with Gasteiger partial charge in [-0.3, -0.25) is 9.69 Å². The zero-order valence-corrected chi connectivity index (χ0v) is 21.6. The number of aromatic nitrogens is 5. The lowest BCUT2D eigenvalue weighted by atomic mass is 10.0. The fourth-order valence-corrected chi connectivity index (χ4v) is 6.25. The van der Waals surface area contributed by atoms with Gasteiger partial charge in [-0.25, -0.2) is 4.68 Å². The molecule has 3 heterocycles.